The molecule has 182 valence electrons. The molecule has 0 radical (unpaired) electrons. The minimum Gasteiger partial charge on any atom is -0.475 e. The van der Waals surface area contributed by atoms with Gasteiger partial charge in [0, 0.05) is 22.8 Å². The summed E-state index contributed by atoms with van der Waals surface area (Å²) in [5.74, 6) is -2.50. The van der Waals surface area contributed by atoms with Gasteiger partial charge in [0.2, 0.25) is 5.90 Å². The van der Waals surface area contributed by atoms with E-state index in [1.54, 1.807) is 24.3 Å². The summed E-state index contributed by atoms with van der Waals surface area (Å²) in [7, 11) is 0. The summed E-state index contributed by atoms with van der Waals surface area (Å²) in [6, 6.07) is 17.9. The van der Waals surface area contributed by atoms with Crippen molar-refractivity contribution in [2.45, 2.75) is 36.6 Å². The monoisotopic (exact) mass is 505 g/mol. The molecule has 0 N–H and O–H groups in total. The zero-order chi connectivity index (χ0) is 25.0. The number of benzene rings is 3. The number of hydrogen-bond donors (Lipinski definition) is 0. The van der Waals surface area contributed by atoms with Gasteiger partial charge in [-0.15, -0.1) is 0 Å². The first-order valence-corrected chi connectivity index (χ1v) is 12.3. The number of ether oxygens (including phenoxy) is 1. The van der Waals surface area contributed by atoms with Gasteiger partial charge in [-0.2, -0.15) is 0 Å². The van der Waals surface area contributed by atoms with Crippen LogP contribution in [0.1, 0.15) is 53.5 Å². The summed E-state index contributed by atoms with van der Waals surface area (Å²) < 4.78 is 33.8. The lowest BCUT2D eigenvalue weighted by atomic mass is 9.48. The van der Waals surface area contributed by atoms with E-state index in [0.29, 0.717) is 17.0 Å². The lowest BCUT2D eigenvalue weighted by Crippen LogP contribution is -2.56. The molecule has 3 aromatic rings. The Morgan fingerprint density at radius 3 is 2.22 bits per heavy atom. The summed E-state index contributed by atoms with van der Waals surface area (Å²) in [5, 5.41) is 0.565. The molecule has 0 saturated heterocycles. The Morgan fingerprint density at radius 1 is 0.917 bits per heavy atom. The minimum atomic E-state index is -0.734. The van der Waals surface area contributed by atoms with Gasteiger partial charge in [0.15, 0.2) is 5.78 Å². The highest BCUT2D eigenvalue weighted by Gasteiger charge is 2.58. The van der Waals surface area contributed by atoms with E-state index in [1.165, 1.54) is 18.2 Å². The number of aliphatic imine (C=N–C) groups is 1. The molecule has 2 aliphatic carbocycles. The molecule has 2 fully saturated rings. The summed E-state index contributed by atoms with van der Waals surface area (Å²) in [6.07, 6.45) is 1.86. The Balaban J connectivity index is 1.24. The van der Waals surface area contributed by atoms with Crippen LogP contribution in [0.3, 0.4) is 0 Å². The average molecular weight is 506 g/mol. The van der Waals surface area contributed by atoms with Gasteiger partial charge in [-0.05, 0) is 53.8 Å². The highest BCUT2D eigenvalue weighted by Crippen LogP contribution is 2.57. The summed E-state index contributed by atoms with van der Waals surface area (Å²) >= 11 is 5.98. The standard InChI is InChI=1S/C29H22ClF2NO3/c30-19-10-6-17(7-11-19)25-24(34)14-29(13-12-20(29)27(25)35)18-8-4-16(5-9-18)23-15-36-28(33-23)26-21(31)2-1-3-22(26)32/h1-11,20,23,25H,12-15H2. The number of ketones is 2. The largest absolute Gasteiger partial charge is 0.475 e. The SMILES string of the molecule is O=C1CC2(c3ccc(C4COC(c5c(F)cccc5F)=N4)cc3)CCC2C(=O)C1c1ccc(Cl)cc1. The second-order valence-electron chi connectivity index (χ2n) is 9.76. The lowest BCUT2D eigenvalue weighted by Gasteiger charge is -2.53. The normalized spacial score (nSPS) is 27.2. The Labute approximate surface area is 212 Å². The molecule has 0 bridgehead atoms. The van der Waals surface area contributed by atoms with Crippen molar-refractivity contribution in [2.24, 2.45) is 10.9 Å². The van der Waals surface area contributed by atoms with Crippen molar-refractivity contribution in [3.63, 3.8) is 0 Å². The van der Waals surface area contributed by atoms with E-state index in [-0.39, 0.29) is 35.6 Å². The fourth-order valence-corrected chi connectivity index (χ4v) is 6.04. The number of Topliss-reactive ketones (excluding diaryl/α,β-unsaturated/α-hetero) is 2. The van der Waals surface area contributed by atoms with Crippen LogP contribution >= 0.6 is 11.6 Å². The molecule has 36 heavy (non-hydrogen) atoms. The van der Waals surface area contributed by atoms with E-state index >= 15 is 0 Å². The number of halogens is 3. The maximum absolute atomic E-state index is 14.1. The van der Waals surface area contributed by atoms with Crippen LogP contribution in [-0.2, 0) is 19.7 Å². The lowest BCUT2D eigenvalue weighted by molar-refractivity contribution is -0.144. The quantitative estimate of drug-likeness (QED) is 0.402. The van der Waals surface area contributed by atoms with Gasteiger partial charge in [0.25, 0.3) is 0 Å². The average Bonchev–Trinajstić information content (AvgIpc) is 3.32. The molecule has 4 nitrogen and oxygen atoms in total. The molecule has 1 aliphatic heterocycles. The number of hydrogen-bond acceptors (Lipinski definition) is 4. The predicted molar refractivity (Wildman–Crippen MR) is 131 cm³/mol. The van der Waals surface area contributed by atoms with Gasteiger partial charge in [0.05, 0.1) is 0 Å². The van der Waals surface area contributed by atoms with Crippen LogP contribution in [0.2, 0.25) is 5.02 Å². The molecular weight excluding hydrogens is 484 g/mol. The number of nitrogens with zero attached hydrogens (tertiary/aromatic N) is 1. The smallest absolute Gasteiger partial charge is 0.222 e. The third kappa shape index (κ3) is 3.58. The van der Waals surface area contributed by atoms with Crippen LogP contribution < -0.4 is 0 Å². The molecule has 4 atom stereocenters. The molecule has 7 heteroatoms. The van der Waals surface area contributed by atoms with Gasteiger partial charge >= 0.3 is 0 Å². The van der Waals surface area contributed by atoms with E-state index in [9.17, 15) is 18.4 Å². The van der Waals surface area contributed by atoms with E-state index < -0.39 is 29.0 Å². The molecule has 4 unspecified atom stereocenters. The maximum Gasteiger partial charge on any atom is 0.222 e. The zero-order valence-corrected chi connectivity index (χ0v) is 20.0. The number of carbonyl (C=O) groups is 2. The van der Waals surface area contributed by atoms with Crippen LogP contribution in [0.5, 0.6) is 0 Å². The van der Waals surface area contributed by atoms with Gasteiger partial charge < -0.3 is 4.74 Å². The predicted octanol–water partition coefficient (Wildman–Crippen LogP) is 6.11. The van der Waals surface area contributed by atoms with Crippen molar-refractivity contribution in [1.29, 1.82) is 0 Å². The molecule has 1 heterocycles. The maximum atomic E-state index is 14.1. The fourth-order valence-electron chi connectivity index (χ4n) is 5.91. The van der Waals surface area contributed by atoms with Crippen LogP contribution in [0.4, 0.5) is 8.78 Å². The fraction of sp³-hybridized carbons (Fsp3) is 0.276. The number of rotatable bonds is 4. The van der Waals surface area contributed by atoms with Crippen molar-refractivity contribution in [3.8, 4) is 0 Å². The molecule has 2 saturated carbocycles. The Bertz CT molecular complexity index is 1380. The number of carbonyl (C=O) groups excluding carboxylic acids is 2. The van der Waals surface area contributed by atoms with Crippen molar-refractivity contribution < 1.29 is 23.1 Å². The second kappa shape index (κ2) is 8.63. The molecule has 3 aliphatic rings. The first kappa shape index (κ1) is 23.0. The zero-order valence-electron chi connectivity index (χ0n) is 19.2. The topological polar surface area (TPSA) is 55.7 Å². The molecule has 0 amide bonds. The van der Waals surface area contributed by atoms with Gasteiger partial charge in [-0.3, -0.25) is 9.59 Å². The third-order valence-electron chi connectivity index (χ3n) is 7.89. The van der Waals surface area contributed by atoms with Crippen LogP contribution in [0.15, 0.2) is 71.7 Å². The van der Waals surface area contributed by atoms with Gasteiger partial charge in [-0.25, -0.2) is 13.8 Å². The molecule has 3 aromatic carbocycles. The number of fused-ring (bicyclic) bond motifs is 1. The van der Waals surface area contributed by atoms with Gasteiger partial charge in [-0.1, -0.05) is 54.1 Å². The van der Waals surface area contributed by atoms with Crippen molar-refractivity contribution >= 4 is 29.1 Å². The molecule has 6 rings (SSSR count). The molecule has 0 spiro atoms. The third-order valence-corrected chi connectivity index (χ3v) is 8.14. The van der Waals surface area contributed by atoms with Gasteiger partial charge in [0.1, 0.15) is 41.5 Å². The summed E-state index contributed by atoms with van der Waals surface area (Å²) in [4.78, 5) is 31.0. The Hall–Kier alpha value is -3.38. The van der Waals surface area contributed by atoms with Crippen molar-refractivity contribution in [2.75, 3.05) is 6.61 Å². The Kier molecular flexibility index (Phi) is 5.52. The van der Waals surface area contributed by atoms with E-state index in [2.05, 4.69) is 4.99 Å². The Morgan fingerprint density at radius 2 is 1.58 bits per heavy atom. The highest BCUT2D eigenvalue weighted by molar-refractivity contribution is 6.30. The van der Waals surface area contributed by atoms with Crippen LogP contribution in [0.25, 0.3) is 0 Å². The van der Waals surface area contributed by atoms with E-state index in [0.717, 1.165) is 24.0 Å². The van der Waals surface area contributed by atoms with Crippen LogP contribution in [0, 0.1) is 17.6 Å². The minimum absolute atomic E-state index is 0.0192. The van der Waals surface area contributed by atoms with E-state index in [4.69, 9.17) is 16.3 Å². The molecule has 0 aromatic heterocycles. The van der Waals surface area contributed by atoms with Crippen molar-refractivity contribution in [3.05, 3.63) is 106 Å². The van der Waals surface area contributed by atoms with Crippen molar-refractivity contribution in [1.82, 2.24) is 0 Å². The summed E-state index contributed by atoms with van der Waals surface area (Å²) in [6.45, 7) is 0.177. The molecular formula is C29H22ClF2NO3. The highest BCUT2D eigenvalue weighted by atomic mass is 35.5. The second-order valence-corrected chi connectivity index (χ2v) is 10.2. The first-order valence-electron chi connectivity index (χ1n) is 11.9. The summed E-state index contributed by atoms with van der Waals surface area (Å²) in [5.41, 5.74) is 1.76. The van der Waals surface area contributed by atoms with Crippen LogP contribution in [-0.4, -0.2) is 24.1 Å². The first-order chi connectivity index (χ1) is 17.4. The van der Waals surface area contributed by atoms with E-state index in [1.807, 2.05) is 24.3 Å².